The number of Topliss-reactive ketones (excluding diaryl/α,β-unsaturated/α-hetero) is 1. The number of hydrogen-bond donors (Lipinski definition) is 1. The number of thioether (sulfide) groups is 1. The van der Waals surface area contributed by atoms with E-state index in [0.29, 0.717) is 56.9 Å². The minimum Gasteiger partial charge on any atom is -0.497 e. The topological polar surface area (TPSA) is 88.4 Å². The van der Waals surface area contributed by atoms with E-state index in [1.54, 1.807) is 7.11 Å². The number of rotatable bonds is 7. The molecule has 0 spiro atoms. The summed E-state index contributed by atoms with van der Waals surface area (Å²) >= 11 is 1.40. The first kappa shape index (κ1) is 24.0. The summed E-state index contributed by atoms with van der Waals surface area (Å²) in [5.41, 5.74) is 2.12. The normalized spacial score (nSPS) is 31.1. The zero-order valence-corrected chi connectivity index (χ0v) is 21.4. The van der Waals surface area contributed by atoms with Crippen LogP contribution in [0.15, 0.2) is 46.1 Å². The van der Waals surface area contributed by atoms with Crippen LogP contribution in [0.4, 0.5) is 0 Å². The highest BCUT2D eigenvalue weighted by atomic mass is 32.2. The zero-order valence-electron chi connectivity index (χ0n) is 20.6. The Morgan fingerprint density at radius 2 is 1.69 bits per heavy atom. The van der Waals surface area contributed by atoms with E-state index in [1.807, 2.05) is 31.2 Å². The first-order valence-electron chi connectivity index (χ1n) is 12.4. The first-order chi connectivity index (χ1) is 16.9. The molecule has 1 aromatic rings. The summed E-state index contributed by atoms with van der Waals surface area (Å²) < 4.78 is 10.3. The summed E-state index contributed by atoms with van der Waals surface area (Å²) in [5, 5.41) is 14.1. The minimum atomic E-state index is -0.572. The molecule has 4 saturated carbocycles. The van der Waals surface area contributed by atoms with Crippen LogP contribution in [0.3, 0.4) is 0 Å². The van der Waals surface area contributed by atoms with E-state index in [1.165, 1.54) is 38.1 Å². The summed E-state index contributed by atoms with van der Waals surface area (Å²) in [7, 11) is 2.94. The molecule has 0 aromatic heterocycles. The second-order valence-corrected chi connectivity index (χ2v) is 11.6. The predicted molar refractivity (Wildman–Crippen MR) is 134 cm³/mol. The number of benzene rings is 1. The molecule has 4 aliphatic carbocycles. The van der Waals surface area contributed by atoms with Gasteiger partial charge in [-0.1, -0.05) is 23.9 Å². The molecule has 35 heavy (non-hydrogen) atoms. The van der Waals surface area contributed by atoms with E-state index in [9.17, 15) is 14.9 Å². The van der Waals surface area contributed by atoms with Crippen LogP contribution in [0.5, 0.6) is 5.75 Å². The minimum absolute atomic E-state index is 0.165. The van der Waals surface area contributed by atoms with Crippen molar-refractivity contribution in [3.05, 3.63) is 51.7 Å². The van der Waals surface area contributed by atoms with E-state index >= 15 is 0 Å². The maximum Gasteiger partial charge on any atom is 0.336 e. The number of carbonyl (C=O) groups is 2. The average molecular weight is 493 g/mol. The Morgan fingerprint density at radius 1 is 1.09 bits per heavy atom. The zero-order chi connectivity index (χ0) is 24.7. The molecule has 6 rings (SSSR count). The summed E-state index contributed by atoms with van der Waals surface area (Å²) in [6.45, 7) is 1.82. The average Bonchev–Trinajstić information content (AvgIpc) is 2.85. The van der Waals surface area contributed by atoms with Gasteiger partial charge in [-0.2, -0.15) is 5.26 Å². The Hall–Kier alpha value is -2.72. The van der Waals surface area contributed by atoms with Crippen molar-refractivity contribution in [3.8, 4) is 11.8 Å². The largest absolute Gasteiger partial charge is 0.497 e. The van der Waals surface area contributed by atoms with Gasteiger partial charge in [0, 0.05) is 11.1 Å². The van der Waals surface area contributed by atoms with Crippen LogP contribution < -0.4 is 10.1 Å². The maximum atomic E-state index is 13.6. The van der Waals surface area contributed by atoms with E-state index in [0.717, 1.165) is 24.8 Å². The van der Waals surface area contributed by atoms with E-state index in [2.05, 4.69) is 11.4 Å². The van der Waals surface area contributed by atoms with Gasteiger partial charge in [-0.05, 0) is 80.9 Å². The van der Waals surface area contributed by atoms with Gasteiger partial charge in [-0.15, -0.1) is 0 Å². The number of nitrogens with zero attached hydrogens (tertiary/aromatic N) is 1. The van der Waals surface area contributed by atoms with E-state index < -0.39 is 11.9 Å². The molecule has 0 saturated heterocycles. The first-order valence-corrected chi connectivity index (χ1v) is 13.4. The molecule has 4 fully saturated rings. The predicted octanol–water partition coefficient (Wildman–Crippen LogP) is 5.08. The van der Waals surface area contributed by atoms with E-state index in [-0.39, 0.29) is 5.41 Å². The molecule has 1 heterocycles. The Morgan fingerprint density at radius 3 is 2.20 bits per heavy atom. The molecule has 1 N–H and O–H groups in total. The highest BCUT2D eigenvalue weighted by molar-refractivity contribution is 8.03. The number of methoxy groups -OCH3 is 2. The number of ketones is 1. The van der Waals surface area contributed by atoms with Gasteiger partial charge in [0.1, 0.15) is 11.5 Å². The van der Waals surface area contributed by atoms with Crippen molar-refractivity contribution in [1.82, 2.24) is 5.32 Å². The molecule has 5 aliphatic rings. The number of ether oxygens (including phenoxy) is 2. The van der Waals surface area contributed by atoms with Gasteiger partial charge < -0.3 is 14.8 Å². The van der Waals surface area contributed by atoms with Crippen molar-refractivity contribution in [2.75, 3.05) is 20.0 Å². The number of allylic oxidation sites excluding steroid dienone is 2. The standard InChI is InChI=1S/C28H32N2O4S/c1-16-24(27(32)34-3)25(20-4-6-21(33-2)7-5-20)22(14-29)26(30-16)35-15-23(31)28-11-17-8-18(12-28)10-19(9-17)13-28/h4-7,17-19,25,30H,8-13,15H2,1-3H3. The van der Waals surface area contributed by atoms with Crippen molar-refractivity contribution in [2.45, 2.75) is 51.4 Å². The Labute approximate surface area is 211 Å². The molecule has 6 nitrogen and oxygen atoms in total. The fourth-order valence-corrected chi connectivity index (χ4v) is 8.41. The fraction of sp³-hybridized carbons (Fsp3) is 0.536. The van der Waals surface area contributed by atoms with Gasteiger partial charge >= 0.3 is 5.97 Å². The van der Waals surface area contributed by atoms with Crippen LogP contribution in [0.2, 0.25) is 0 Å². The van der Waals surface area contributed by atoms with Crippen molar-refractivity contribution in [2.24, 2.45) is 23.2 Å². The second kappa shape index (κ2) is 9.39. The van der Waals surface area contributed by atoms with Gasteiger partial charge in [-0.25, -0.2) is 4.79 Å². The molecule has 7 heteroatoms. The number of carbonyl (C=O) groups excluding carboxylic acids is 2. The summed E-state index contributed by atoms with van der Waals surface area (Å²) in [5.74, 6) is 2.46. The number of dihydropyridines is 1. The number of hydrogen-bond acceptors (Lipinski definition) is 7. The smallest absolute Gasteiger partial charge is 0.336 e. The SMILES string of the molecule is COC(=O)C1=C(C)NC(SCC(=O)C23CC4CC(CC(C4)C2)C3)=C(C#N)C1c1ccc(OC)cc1. The number of nitrogens with one attached hydrogen (secondary N) is 1. The second-order valence-electron chi connectivity index (χ2n) is 10.6. The van der Waals surface area contributed by atoms with Gasteiger partial charge in [0.2, 0.25) is 0 Å². The highest BCUT2D eigenvalue weighted by Gasteiger charge is 2.54. The Kier molecular flexibility index (Phi) is 6.43. The molecule has 1 aromatic carbocycles. The van der Waals surface area contributed by atoms with Gasteiger partial charge in [0.05, 0.1) is 48.1 Å². The molecule has 184 valence electrons. The Balaban J connectivity index is 1.42. The molecule has 0 radical (unpaired) electrons. The number of nitriles is 1. The lowest BCUT2D eigenvalue weighted by Crippen LogP contribution is -2.50. The molecule has 1 atom stereocenters. The van der Waals surface area contributed by atoms with Crippen LogP contribution in [0.25, 0.3) is 0 Å². The monoisotopic (exact) mass is 492 g/mol. The summed E-state index contributed by atoms with van der Waals surface area (Å²) in [4.78, 5) is 26.3. The van der Waals surface area contributed by atoms with E-state index in [4.69, 9.17) is 9.47 Å². The van der Waals surface area contributed by atoms with Gasteiger partial charge in [0.25, 0.3) is 0 Å². The van der Waals surface area contributed by atoms with Crippen molar-refractivity contribution >= 4 is 23.5 Å². The molecular weight excluding hydrogens is 460 g/mol. The van der Waals surface area contributed by atoms with Gasteiger partial charge in [-0.3, -0.25) is 4.79 Å². The molecule has 0 amide bonds. The van der Waals surface area contributed by atoms with Crippen LogP contribution in [-0.2, 0) is 14.3 Å². The lowest BCUT2D eigenvalue weighted by molar-refractivity contribution is -0.141. The molecule has 1 aliphatic heterocycles. The maximum absolute atomic E-state index is 13.6. The Bertz CT molecular complexity index is 1110. The highest BCUT2D eigenvalue weighted by Crippen LogP contribution is 2.60. The molecule has 4 bridgehead atoms. The van der Waals surface area contributed by atoms with Crippen molar-refractivity contribution in [3.63, 3.8) is 0 Å². The lowest BCUT2D eigenvalue weighted by Gasteiger charge is -2.56. The van der Waals surface area contributed by atoms with Crippen LogP contribution in [-0.4, -0.2) is 31.7 Å². The third-order valence-corrected chi connectivity index (χ3v) is 9.50. The summed E-state index contributed by atoms with van der Waals surface area (Å²) in [6, 6.07) is 9.70. The lowest BCUT2D eigenvalue weighted by atomic mass is 9.48. The van der Waals surface area contributed by atoms with Crippen LogP contribution in [0.1, 0.15) is 56.9 Å². The summed E-state index contributed by atoms with van der Waals surface area (Å²) in [6.07, 6.45) is 7.01. The third kappa shape index (κ3) is 4.27. The quantitative estimate of drug-likeness (QED) is 0.531. The van der Waals surface area contributed by atoms with Crippen LogP contribution >= 0.6 is 11.8 Å². The van der Waals surface area contributed by atoms with Gasteiger partial charge in [0.15, 0.2) is 0 Å². The molecule has 1 unspecified atom stereocenters. The number of esters is 1. The van der Waals surface area contributed by atoms with Crippen molar-refractivity contribution < 1.29 is 19.1 Å². The third-order valence-electron chi connectivity index (χ3n) is 8.48. The van der Waals surface area contributed by atoms with Crippen LogP contribution in [0, 0.1) is 34.5 Å². The van der Waals surface area contributed by atoms with Crippen molar-refractivity contribution in [1.29, 1.82) is 5.26 Å². The fourth-order valence-electron chi connectivity index (χ4n) is 7.28. The molecular formula is C28H32N2O4S.